The number of nitro groups is 1. The van der Waals surface area contributed by atoms with Crippen LogP contribution in [-0.2, 0) is 0 Å². The normalized spacial score (nSPS) is 10.8. The molecule has 0 saturated heterocycles. The highest BCUT2D eigenvalue weighted by atomic mass is 19.1. The molecule has 0 bridgehead atoms. The molecule has 0 saturated carbocycles. The van der Waals surface area contributed by atoms with Gasteiger partial charge in [0.2, 0.25) is 0 Å². The molecule has 3 aromatic rings. The van der Waals surface area contributed by atoms with Gasteiger partial charge < -0.3 is 0 Å². The molecule has 0 aliphatic carbocycles. The Morgan fingerprint density at radius 3 is 2.84 bits per heavy atom. The molecule has 0 unspecified atom stereocenters. The van der Waals surface area contributed by atoms with Crippen molar-refractivity contribution in [2.45, 2.75) is 0 Å². The van der Waals surface area contributed by atoms with Crippen LogP contribution in [0.4, 0.5) is 10.1 Å². The fourth-order valence-electron chi connectivity index (χ4n) is 1.73. The lowest BCUT2D eigenvalue weighted by molar-refractivity contribution is -0.385. The number of halogens is 1. The second kappa shape index (κ2) is 4.13. The zero-order valence-electron chi connectivity index (χ0n) is 9.52. The molecule has 3 rings (SSSR count). The molecule has 94 valence electrons. The van der Waals surface area contributed by atoms with Crippen LogP contribution in [0.3, 0.4) is 0 Å². The van der Waals surface area contributed by atoms with Crippen molar-refractivity contribution in [2.24, 2.45) is 0 Å². The predicted octanol–water partition coefficient (Wildman–Crippen LogP) is 2.44. The van der Waals surface area contributed by atoms with Crippen molar-refractivity contribution in [3.63, 3.8) is 0 Å². The second-order valence-corrected chi connectivity index (χ2v) is 3.89. The largest absolute Gasteiger partial charge is 0.287 e. The lowest BCUT2D eigenvalue weighted by Gasteiger charge is -1.93. The minimum Gasteiger partial charge on any atom is -0.258 e. The molecule has 7 heteroatoms. The summed E-state index contributed by atoms with van der Waals surface area (Å²) in [5.41, 5.74) is 0.902. The van der Waals surface area contributed by atoms with Crippen molar-refractivity contribution in [2.75, 3.05) is 0 Å². The van der Waals surface area contributed by atoms with Crippen LogP contribution in [0.5, 0.6) is 0 Å². The summed E-state index contributed by atoms with van der Waals surface area (Å²) in [5, 5.41) is 14.8. The zero-order valence-corrected chi connectivity index (χ0v) is 9.52. The van der Waals surface area contributed by atoms with E-state index in [2.05, 4.69) is 10.1 Å². The monoisotopic (exact) mass is 258 g/mol. The van der Waals surface area contributed by atoms with Crippen LogP contribution in [0.15, 0.2) is 42.6 Å². The van der Waals surface area contributed by atoms with Crippen molar-refractivity contribution < 1.29 is 9.31 Å². The van der Waals surface area contributed by atoms with Gasteiger partial charge in [0.25, 0.3) is 5.69 Å². The molecule has 6 nitrogen and oxygen atoms in total. The number of benzene rings is 1. The van der Waals surface area contributed by atoms with Crippen LogP contribution in [0, 0.1) is 15.9 Å². The molecule has 0 aliphatic rings. The first kappa shape index (κ1) is 11.3. The maximum atomic E-state index is 13.1. The van der Waals surface area contributed by atoms with Gasteiger partial charge in [-0.15, -0.1) is 5.10 Å². The first-order valence-corrected chi connectivity index (χ1v) is 5.40. The maximum absolute atomic E-state index is 13.1. The van der Waals surface area contributed by atoms with Gasteiger partial charge in [0.05, 0.1) is 4.92 Å². The minimum atomic E-state index is -0.511. The fraction of sp³-hybridized carbons (Fsp3) is 0. The summed E-state index contributed by atoms with van der Waals surface area (Å²) in [6.45, 7) is 0. The van der Waals surface area contributed by atoms with Crippen molar-refractivity contribution in [3.8, 4) is 11.4 Å². The Hall–Kier alpha value is -2.83. The fourth-order valence-corrected chi connectivity index (χ4v) is 1.73. The number of pyridine rings is 1. The zero-order chi connectivity index (χ0) is 13.4. The van der Waals surface area contributed by atoms with Crippen molar-refractivity contribution in [3.05, 3.63) is 58.5 Å². The van der Waals surface area contributed by atoms with E-state index < -0.39 is 4.92 Å². The molecule has 0 atom stereocenters. The molecule has 2 aromatic heterocycles. The maximum Gasteiger partial charge on any atom is 0.287 e. The van der Waals surface area contributed by atoms with Gasteiger partial charge >= 0.3 is 0 Å². The SMILES string of the molecule is O=[N+]([O-])c1ccc2nc(-c3cccc(F)c3)nn2c1. The summed E-state index contributed by atoms with van der Waals surface area (Å²) in [5.74, 6) is -0.0673. The number of aromatic nitrogens is 3. The van der Waals surface area contributed by atoms with Gasteiger partial charge in [-0.05, 0) is 18.2 Å². The van der Waals surface area contributed by atoms with E-state index in [4.69, 9.17) is 0 Å². The van der Waals surface area contributed by atoms with E-state index in [9.17, 15) is 14.5 Å². The molecule has 2 heterocycles. The number of hydrogen-bond acceptors (Lipinski definition) is 4. The molecule has 0 fully saturated rings. The molecular formula is C12H7FN4O2. The van der Waals surface area contributed by atoms with E-state index >= 15 is 0 Å². The quantitative estimate of drug-likeness (QED) is 0.522. The van der Waals surface area contributed by atoms with Crippen LogP contribution >= 0.6 is 0 Å². The second-order valence-electron chi connectivity index (χ2n) is 3.89. The smallest absolute Gasteiger partial charge is 0.258 e. The van der Waals surface area contributed by atoms with Gasteiger partial charge in [-0.1, -0.05) is 12.1 Å². The summed E-state index contributed by atoms with van der Waals surface area (Å²) in [4.78, 5) is 14.3. The van der Waals surface area contributed by atoms with Gasteiger partial charge in [0.15, 0.2) is 11.5 Å². The summed E-state index contributed by atoms with van der Waals surface area (Å²) in [6.07, 6.45) is 1.27. The van der Waals surface area contributed by atoms with E-state index in [-0.39, 0.29) is 11.5 Å². The van der Waals surface area contributed by atoms with Crippen molar-refractivity contribution in [1.29, 1.82) is 0 Å². The third-order valence-corrected chi connectivity index (χ3v) is 2.61. The number of fused-ring (bicyclic) bond motifs is 1. The summed E-state index contributed by atoms with van der Waals surface area (Å²) < 4.78 is 14.4. The lowest BCUT2D eigenvalue weighted by Crippen LogP contribution is -1.93. The topological polar surface area (TPSA) is 73.3 Å². The van der Waals surface area contributed by atoms with Crippen molar-refractivity contribution in [1.82, 2.24) is 14.6 Å². The lowest BCUT2D eigenvalue weighted by atomic mass is 10.2. The molecule has 0 spiro atoms. The van der Waals surface area contributed by atoms with Gasteiger partial charge in [-0.2, -0.15) is 0 Å². The van der Waals surface area contributed by atoms with Gasteiger partial charge in [-0.25, -0.2) is 13.9 Å². The Labute approximate surface area is 106 Å². The van der Waals surface area contributed by atoms with Crippen molar-refractivity contribution >= 4 is 11.3 Å². The van der Waals surface area contributed by atoms with E-state index in [0.717, 1.165) is 0 Å². The van der Waals surface area contributed by atoms with Crippen LogP contribution in [-0.4, -0.2) is 19.5 Å². The summed E-state index contributed by atoms with van der Waals surface area (Å²) in [7, 11) is 0. The minimum absolute atomic E-state index is 0.0804. The highest BCUT2D eigenvalue weighted by Crippen LogP contribution is 2.19. The van der Waals surface area contributed by atoms with Crippen LogP contribution in [0.1, 0.15) is 0 Å². The number of hydrogen-bond donors (Lipinski definition) is 0. The molecule has 19 heavy (non-hydrogen) atoms. The van der Waals surface area contributed by atoms with E-state index in [1.807, 2.05) is 0 Å². The first-order chi connectivity index (χ1) is 9.13. The molecule has 0 aliphatic heterocycles. The third kappa shape index (κ3) is 2.01. The molecule has 0 N–H and O–H groups in total. The summed E-state index contributed by atoms with van der Waals surface area (Å²) in [6, 6.07) is 8.70. The predicted molar refractivity (Wildman–Crippen MR) is 65.0 cm³/mol. The Bertz CT molecular complexity index is 784. The average molecular weight is 258 g/mol. The average Bonchev–Trinajstić information content (AvgIpc) is 2.81. The number of rotatable bonds is 2. The summed E-state index contributed by atoms with van der Waals surface area (Å²) >= 11 is 0. The third-order valence-electron chi connectivity index (χ3n) is 2.61. The van der Waals surface area contributed by atoms with Crippen LogP contribution in [0.25, 0.3) is 17.0 Å². The van der Waals surface area contributed by atoms with Gasteiger partial charge in [0, 0.05) is 11.6 Å². The Balaban J connectivity index is 2.14. The van der Waals surface area contributed by atoms with Gasteiger partial charge in [-0.3, -0.25) is 10.1 Å². The first-order valence-electron chi connectivity index (χ1n) is 5.40. The Kier molecular flexibility index (Phi) is 2.45. The Morgan fingerprint density at radius 2 is 2.11 bits per heavy atom. The molecule has 0 amide bonds. The van der Waals surface area contributed by atoms with E-state index in [1.165, 1.54) is 35.0 Å². The van der Waals surface area contributed by atoms with E-state index in [1.54, 1.807) is 12.1 Å². The highest BCUT2D eigenvalue weighted by Gasteiger charge is 2.11. The number of nitrogens with zero attached hydrogens (tertiary/aromatic N) is 4. The van der Waals surface area contributed by atoms with Crippen LogP contribution in [0.2, 0.25) is 0 Å². The molecule has 1 aromatic carbocycles. The van der Waals surface area contributed by atoms with Gasteiger partial charge in [0.1, 0.15) is 12.0 Å². The molecule has 0 radical (unpaired) electrons. The van der Waals surface area contributed by atoms with E-state index in [0.29, 0.717) is 17.0 Å². The Morgan fingerprint density at radius 1 is 1.26 bits per heavy atom. The molecular weight excluding hydrogens is 251 g/mol. The highest BCUT2D eigenvalue weighted by molar-refractivity contribution is 5.58. The van der Waals surface area contributed by atoms with Crippen LogP contribution < -0.4 is 0 Å². The standard InChI is InChI=1S/C12H7FN4O2/c13-9-3-1-2-8(6-9)12-14-11-5-4-10(17(18)19)7-16(11)15-12/h1-7H.